The highest BCUT2D eigenvalue weighted by molar-refractivity contribution is 7.98. The summed E-state index contributed by atoms with van der Waals surface area (Å²) >= 11 is 1.88. The lowest BCUT2D eigenvalue weighted by atomic mass is 10.2. The third kappa shape index (κ3) is 6.14. The second-order valence-corrected chi connectivity index (χ2v) is 5.65. The lowest BCUT2D eigenvalue weighted by Crippen LogP contribution is -2.18. The minimum atomic E-state index is 0.436. The maximum absolute atomic E-state index is 4.54. The molecule has 0 aliphatic heterocycles. The molecule has 0 saturated heterocycles. The molecule has 0 fully saturated rings. The first-order chi connectivity index (χ1) is 9.19. The normalized spacial score (nSPS) is 12.2. The van der Waals surface area contributed by atoms with Crippen LogP contribution in [0.4, 0.5) is 11.6 Å². The smallest absolute Gasteiger partial charge is 0.132 e. The van der Waals surface area contributed by atoms with E-state index < -0.39 is 0 Å². The SMILES string of the molecule is CCCNc1cc(NC(C)CCSC)nc(CC)n1. The number of nitrogens with zero attached hydrogens (tertiary/aromatic N) is 2. The average molecular weight is 282 g/mol. The zero-order valence-electron chi connectivity index (χ0n) is 12.5. The van der Waals surface area contributed by atoms with Gasteiger partial charge < -0.3 is 10.6 Å². The van der Waals surface area contributed by atoms with Gasteiger partial charge in [-0.3, -0.25) is 0 Å². The maximum Gasteiger partial charge on any atom is 0.132 e. The van der Waals surface area contributed by atoms with E-state index in [4.69, 9.17) is 0 Å². The predicted molar refractivity (Wildman–Crippen MR) is 86.3 cm³/mol. The third-order valence-corrected chi connectivity index (χ3v) is 3.44. The van der Waals surface area contributed by atoms with E-state index in [0.717, 1.165) is 43.3 Å². The Labute approximate surface area is 121 Å². The van der Waals surface area contributed by atoms with Crippen molar-refractivity contribution in [3.05, 3.63) is 11.9 Å². The van der Waals surface area contributed by atoms with Gasteiger partial charge in [0.25, 0.3) is 0 Å². The molecule has 19 heavy (non-hydrogen) atoms. The number of hydrogen-bond donors (Lipinski definition) is 2. The van der Waals surface area contributed by atoms with Gasteiger partial charge in [-0.05, 0) is 31.8 Å². The lowest BCUT2D eigenvalue weighted by molar-refractivity contribution is 0.763. The number of nitrogens with one attached hydrogen (secondary N) is 2. The summed E-state index contributed by atoms with van der Waals surface area (Å²) in [6.07, 6.45) is 5.23. The van der Waals surface area contributed by atoms with Gasteiger partial charge in [-0.1, -0.05) is 13.8 Å². The molecular weight excluding hydrogens is 256 g/mol. The van der Waals surface area contributed by atoms with Crippen molar-refractivity contribution in [1.29, 1.82) is 0 Å². The minimum absolute atomic E-state index is 0.436. The predicted octanol–water partition coefficient (Wildman–Crippen LogP) is 3.41. The van der Waals surface area contributed by atoms with Crippen molar-refractivity contribution in [2.24, 2.45) is 0 Å². The zero-order valence-corrected chi connectivity index (χ0v) is 13.3. The van der Waals surface area contributed by atoms with Crippen molar-refractivity contribution < 1.29 is 0 Å². The Morgan fingerprint density at radius 2 is 2.00 bits per heavy atom. The van der Waals surface area contributed by atoms with Crippen LogP contribution in [0.5, 0.6) is 0 Å². The van der Waals surface area contributed by atoms with E-state index in [0.29, 0.717) is 6.04 Å². The number of aryl methyl sites for hydroxylation is 1. The van der Waals surface area contributed by atoms with E-state index in [2.05, 4.69) is 47.6 Å². The van der Waals surface area contributed by atoms with Crippen molar-refractivity contribution in [2.45, 2.75) is 46.1 Å². The Balaban J connectivity index is 2.69. The van der Waals surface area contributed by atoms with Crippen LogP contribution in [-0.4, -0.2) is 34.6 Å². The van der Waals surface area contributed by atoms with E-state index in [-0.39, 0.29) is 0 Å². The molecule has 0 amide bonds. The second-order valence-electron chi connectivity index (χ2n) is 4.66. The lowest BCUT2D eigenvalue weighted by Gasteiger charge is -2.15. The fourth-order valence-electron chi connectivity index (χ4n) is 1.69. The molecule has 1 aromatic rings. The quantitative estimate of drug-likeness (QED) is 0.727. The Bertz CT molecular complexity index is 370. The topological polar surface area (TPSA) is 49.8 Å². The van der Waals surface area contributed by atoms with E-state index in [1.54, 1.807) is 0 Å². The number of rotatable bonds is 9. The summed E-state index contributed by atoms with van der Waals surface area (Å²) in [6.45, 7) is 7.38. The van der Waals surface area contributed by atoms with Crippen LogP contribution >= 0.6 is 11.8 Å². The van der Waals surface area contributed by atoms with Crippen molar-refractivity contribution in [2.75, 3.05) is 29.2 Å². The summed E-state index contributed by atoms with van der Waals surface area (Å²) in [4.78, 5) is 9.03. The molecule has 1 unspecified atom stereocenters. The summed E-state index contributed by atoms with van der Waals surface area (Å²) in [5, 5.41) is 6.79. The highest BCUT2D eigenvalue weighted by atomic mass is 32.2. The summed E-state index contributed by atoms with van der Waals surface area (Å²) in [5.74, 6) is 3.91. The molecule has 5 heteroatoms. The second kappa shape index (κ2) is 9.02. The molecular formula is C14H26N4S. The van der Waals surface area contributed by atoms with E-state index in [1.807, 2.05) is 17.8 Å². The van der Waals surface area contributed by atoms with Gasteiger partial charge in [0.1, 0.15) is 17.5 Å². The van der Waals surface area contributed by atoms with E-state index in [9.17, 15) is 0 Å². The zero-order chi connectivity index (χ0) is 14.1. The summed E-state index contributed by atoms with van der Waals surface area (Å²) in [6, 6.07) is 2.44. The summed E-state index contributed by atoms with van der Waals surface area (Å²) < 4.78 is 0. The standard InChI is InChI=1S/C14H26N4S/c1-5-8-15-13-10-14(18-12(6-2)17-13)16-11(3)7-9-19-4/h10-11H,5-9H2,1-4H3,(H2,15,16,17,18). The van der Waals surface area contributed by atoms with Crippen molar-refractivity contribution in [3.8, 4) is 0 Å². The Hall–Kier alpha value is -0.970. The Morgan fingerprint density at radius 1 is 1.26 bits per heavy atom. The number of aromatic nitrogens is 2. The van der Waals surface area contributed by atoms with Crippen LogP contribution in [0.1, 0.15) is 39.4 Å². The first-order valence-electron chi connectivity index (χ1n) is 7.06. The Morgan fingerprint density at radius 3 is 2.63 bits per heavy atom. The molecule has 0 aliphatic rings. The van der Waals surface area contributed by atoms with Gasteiger partial charge in [-0.15, -0.1) is 0 Å². The highest BCUT2D eigenvalue weighted by Crippen LogP contribution is 2.14. The molecule has 0 aromatic carbocycles. The molecule has 1 rings (SSSR count). The number of anilines is 2. The maximum atomic E-state index is 4.54. The average Bonchev–Trinajstić information content (AvgIpc) is 2.42. The van der Waals surface area contributed by atoms with Crippen molar-refractivity contribution in [1.82, 2.24) is 9.97 Å². The van der Waals surface area contributed by atoms with Crippen LogP contribution in [0.3, 0.4) is 0 Å². The molecule has 1 aromatic heterocycles. The molecule has 0 saturated carbocycles. The van der Waals surface area contributed by atoms with E-state index >= 15 is 0 Å². The van der Waals surface area contributed by atoms with Crippen molar-refractivity contribution >= 4 is 23.4 Å². The van der Waals surface area contributed by atoms with Gasteiger partial charge in [-0.25, -0.2) is 9.97 Å². The largest absolute Gasteiger partial charge is 0.370 e. The highest BCUT2D eigenvalue weighted by Gasteiger charge is 2.06. The van der Waals surface area contributed by atoms with Crippen LogP contribution in [0.15, 0.2) is 6.07 Å². The molecule has 108 valence electrons. The van der Waals surface area contributed by atoms with Crippen LogP contribution in [0.25, 0.3) is 0 Å². The van der Waals surface area contributed by atoms with Gasteiger partial charge in [0.2, 0.25) is 0 Å². The fourth-order valence-corrected chi connectivity index (χ4v) is 2.28. The molecule has 1 atom stereocenters. The first kappa shape index (κ1) is 16.1. The number of thioether (sulfide) groups is 1. The molecule has 2 N–H and O–H groups in total. The van der Waals surface area contributed by atoms with Gasteiger partial charge in [0.15, 0.2) is 0 Å². The molecule has 1 heterocycles. The first-order valence-corrected chi connectivity index (χ1v) is 8.46. The van der Waals surface area contributed by atoms with E-state index in [1.165, 1.54) is 5.75 Å². The minimum Gasteiger partial charge on any atom is -0.370 e. The van der Waals surface area contributed by atoms with Crippen LogP contribution < -0.4 is 10.6 Å². The molecule has 4 nitrogen and oxygen atoms in total. The van der Waals surface area contributed by atoms with Gasteiger partial charge in [-0.2, -0.15) is 11.8 Å². The van der Waals surface area contributed by atoms with Crippen molar-refractivity contribution in [3.63, 3.8) is 0 Å². The number of hydrogen-bond acceptors (Lipinski definition) is 5. The fraction of sp³-hybridized carbons (Fsp3) is 0.714. The molecule has 0 aliphatic carbocycles. The molecule has 0 radical (unpaired) electrons. The third-order valence-electron chi connectivity index (χ3n) is 2.79. The summed E-state index contributed by atoms with van der Waals surface area (Å²) in [5.41, 5.74) is 0. The monoisotopic (exact) mass is 282 g/mol. The van der Waals surface area contributed by atoms with Gasteiger partial charge >= 0.3 is 0 Å². The van der Waals surface area contributed by atoms with Crippen LogP contribution in [0.2, 0.25) is 0 Å². The van der Waals surface area contributed by atoms with Crippen LogP contribution in [-0.2, 0) is 6.42 Å². The van der Waals surface area contributed by atoms with Crippen LogP contribution in [0, 0.1) is 0 Å². The summed E-state index contributed by atoms with van der Waals surface area (Å²) in [7, 11) is 0. The van der Waals surface area contributed by atoms with Gasteiger partial charge in [0, 0.05) is 25.1 Å². The molecule has 0 spiro atoms. The van der Waals surface area contributed by atoms with Gasteiger partial charge in [0.05, 0.1) is 0 Å². The molecule has 0 bridgehead atoms. The Kier molecular flexibility index (Phi) is 7.63.